The third-order valence-electron chi connectivity index (χ3n) is 4.36. The molecule has 0 unspecified atom stereocenters. The van der Waals surface area contributed by atoms with Gasteiger partial charge in [-0.15, -0.1) is 0 Å². The number of hydrogen-bond donors (Lipinski definition) is 1. The molecule has 2 heterocycles. The number of hydrogen-bond acceptors (Lipinski definition) is 3. The molecule has 0 radical (unpaired) electrons. The first-order valence-corrected chi connectivity index (χ1v) is 8.23. The number of nitrogens with one attached hydrogen (secondary N) is 1. The van der Waals surface area contributed by atoms with Crippen LogP contribution in [-0.2, 0) is 4.74 Å². The predicted molar refractivity (Wildman–Crippen MR) is 82.7 cm³/mol. The van der Waals surface area contributed by atoms with Crippen LogP contribution < -0.4 is 5.32 Å². The maximum atomic E-state index is 6.29. The summed E-state index contributed by atoms with van der Waals surface area (Å²) < 4.78 is 6.29. The molecule has 2 aliphatic rings. The van der Waals surface area contributed by atoms with Gasteiger partial charge in [-0.3, -0.25) is 4.90 Å². The van der Waals surface area contributed by atoms with Crippen LogP contribution in [0.1, 0.15) is 60.3 Å². The largest absolute Gasteiger partial charge is 0.375 e. The Hall–Kier alpha value is -0.120. The van der Waals surface area contributed by atoms with Crippen molar-refractivity contribution in [3.8, 4) is 0 Å². The minimum atomic E-state index is 0.310. The van der Waals surface area contributed by atoms with Crippen LogP contribution in [0.5, 0.6) is 0 Å². The molecule has 2 saturated heterocycles. The van der Waals surface area contributed by atoms with Crippen molar-refractivity contribution in [1.82, 2.24) is 10.2 Å². The van der Waals surface area contributed by atoms with Crippen molar-refractivity contribution < 1.29 is 4.74 Å². The van der Waals surface area contributed by atoms with Crippen molar-refractivity contribution in [2.24, 2.45) is 0 Å². The SMILES string of the molecule is CC.CCN1CC[C@@H](OC2CCNCC2)CC1(C)C. The summed E-state index contributed by atoms with van der Waals surface area (Å²) >= 11 is 0. The van der Waals surface area contributed by atoms with Crippen LogP contribution in [0.4, 0.5) is 0 Å². The number of nitrogens with zero attached hydrogens (tertiary/aromatic N) is 1. The van der Waals surface area contributed by atoms with E-state index in [4.69, 9.17) is 4.74 Å². The van der Waals surface area contributed by atoms with Crippen LogP contribution in [0.15, 0.2) is 0 Å². The summed E-state index contributed by atoms with van der Waals surface area (Å²) in [5, 5.41) is 3.40. The zero-order valence-corrected chi connectivity index (χ0v) is 13.7. The standard InChI is InChI=1S/C14H28N2O.C2H6/c1-4-16-10-7-13(11-14(16,2)3)17-12-5-8-15-9-6-12;1-2/h12-13,15H,4-11H2,1-3H3;1-2H3/t13-;/m1./s1. The number of likely N-dealkylation sites (tertiary alicyclic amines) is 1. The van der Waals surface area contributed by atoms with Gasteiger partial charge in [-0.1, -0.05) is 20.8 Å². The van der Waals surface area contributed by atoms with E-state index < -0.39 is 0 Å². The molecule has 0 spiro atoms. The highest BCUT2D eigenvalue weighted by Gasteiger charge is 2.35. The Labute approximate surface area is 120 Å². The second-order valence-electron chi connectivity index (χ2n) is 6.09. The zero-order chi connectivity index (χ0) is 14.3. The molecule has 0 aromatic rings. The fourth-order valence-corrected chi connectivity index (χ4v) is 3.30. The Morgan fingerprint density at radius 3 is 2.26 bits per heavy atom. The second kappa shape index (κ2) is 8.23. The van der Waals surface area contributed by atoms with Crippen LogP contribution in [0.3, 0.4) is 0 Å². The minimum Gasteiger partial charge on any atom is -0.375 e. The molecule has 0 saturated carbocycles. The number of ether oxygens (including phenoxy) is 1. The Bertz CT molecular complexity index is 237. The highest BCUT2D eigenvalue weighted by atomic mass is 16.5. The van der Waals surface area contributed by atoms with E-state index in [-0.39, 0.29) is 0 Å². The van der Waals surface area contributed by atoms with Crippen molar-refractivity contribution >= 4 is 0 Å². The molecule has 2 rings (SSSR count). The monoisotopic (exact) mass is 270 g/mol. The first-order chi connectivity index (χ1) is 9.12. The van der Waals surface area contributed by atoms with Gasteiger partial charge in [-0.05, 0) is 59.2 Å². The van der Waals surface area contributed by atoms with Crippen molar-refractivity contribution in [3.63, 3.8) is 0 Å². The molecule has 2 aliphatic heterocycles. The van der Waals surface area contributed by atoms with Gasteiger partial charge in [0.15, 0.2) is 0 Å². The average molecular weight is 270 g/mol. The molecule has 0 amide bonds. The summed E-state index contributed by atoms with van der Waals surface area (Å²) in [5.41, 5.74) is 0.310. The fourth-order valence-electron chi connectivity index (χ4n) is 3.30. The van der Waals surface area contributed by atoms with Crippen LogP contribution in [0.2, 0.25) is 0 Å². The smallest absolute Gasteiger partial charge is 0.0608 e. The Kier molecular flexibility index (Phi) is 7.33. The summed E-state index contributed by atoms with van der Waals surface area (Å²) in [7, 11) is 0. The molecular formula is C16H34N2O. The lowest BCUT2D eigenvalue weighted by atomic mass is 9.88. The van der Waals surface area contributed by atoms with Crippen molar-refractivity contribution in [2.45, 2.75) is 78.0 Å². The summed E-state index contributed by atoms with van der Waals surface area (Å²) in [4.78, 5) is 2.58. The van der Waals surface area contributed by atoms with Crippen molar-refractivity contribution in [3.05, 3.63) is 0 Å². The molecule has 2 fully saturated rings. The first-order valence-electron chi connectivity index (χ1n) is 8.23. The number of rotatable bonds is 3. The van der Waals surface area contributed by atoms with Crippen molar-refractivity contribution in [2.75, 3.05) is 26.2 Å². The lowest BCUT2D eigenvalue weighted by Crippen LogP contribution is -2.52. The van der Waals surface area contributed by atoms with Gasteiger partial charge in [-0.25, -0.2) is 0 Å². The molecule has 114 valence electrons. The molecule has 0 bridgehead atoms. The van der Waals surface area contributed by atoms with Gasteiger partial charge >= 0.3 is 0 Å². The quantitative estimate of drug-likeness (QED) is 0.853. The summed E-state index contributed by atoms with van der Waals surface area (Å²) in [6.45, 7) is 15.6. The van der Waals surface area contributed by atoms with Crippen LogP contribution >= 0.6 is 0 Å². The van der Waals surface area contributed by atoms with E-state index in [0.717, 1.165) is 19.6 Å². The molecule has 1 N–H and O–H groups in total. The third-order valence-corrected chi connectivity index (χ3v) is 4.36. The van der Waals surface area contributed by atoms with E-state index >= 15 is 0 Å². The molecule has 0 aromatic heterocycles. The maximum Gasteiger partial charge on any atom is 0.0608 e. The summed E-state index contributed by atoms with van der Waals surface area (Å²) in [6, 6.07) is 0. The van der Waals surface area contributed by atoms with Gasteiger partial charge in [0.25, 0.3) is 0 Å². The highest BCUT2D eigenvalue weighted by Crippen LogP contribution is 2.30. The van der Waals surface area contributed by atoms with Gasteiger partial charge in [-0.2, -0.15) is 0 Å². The van der Waals surface area contributed by atoms with Crippen LogP contribution in [0.25, 0.3) is 0 Å². The summed E-state index contributed by atoms with van der Waals surface area (Å²) in [5.74, 6) is 0. The Balaban J connectivity index is 0.000000861. The van der Waals surface area contributed by atoms with E-state index in [1.54, 1.807) is 0 Å². The van der Waals surface area contributed by atoms with Gasteiger partial charge in [0, 0.05) is 12.1 Å². The van der Waals surface area contributed by atoms with E-state index in [1.165, 1.54) is 32.2 Å². The lowest BCUT2D eigenvalue weighted by molar-refractivity contribution is -0.0832. The van der Waals surface area contributed by atoms with Crippen LogP contribution in [0, 0.1) is 0 Å². The topological polar surface area (TPSA) is 24.5 Å². The second-order valence-corrected chi connectivity index (χ2v) is 6.09. The Morgan fingerprint density at radius 1 is 1.11 bits per heavy atom. The van der Waals surface area contributed by atoms with E-state index in [9.17, 15) is 0 Å². The van der Waals surface area contributed by atoms with E-state index in [0.29, 0.717) is 17.7 Å². The van der Waals surface area contributed by atoms with Gasteiger partial charge in [0.05, 0.1) is 12.2 Å². The molecule has 3 heteroatoms. The minimum absolute atomic E-state index is 0.310. The van der Waals surface area contributed by atoms with E-state index in [1.807, 2.05) is 13.8 Å². The van der Waals surface area contributed by atoms with Gasteiger partial charge < -0.3 is 10.1 Å². The van der Waals surface area contributed by atoms with Gasteiger partial charge in [0.1, 0.15) is 0 Å². The fraction of sp³-hybridized carbons (Fsp3) is 1.00. The lowest BCUT2D eigenvalue weighted by Gasteiger charge is -2.46. The van der Waals surface area contributed by atoms with Gasteiger partial charge in [0.2, 0.25) is 0 Å². The van der Waals surface area contributed by atoms with E-state index in [2.05, 4.69) is 31.0 Å². The Morgan fingerprint density at radius 2 is 1.74 bits per heavy atom. The number of piperidine rings is 2. The third kappa shape index (κ3) is 5.05. The van der Waals surface area contributed by atoms with Crippen molar-refractivity contribution in [1.29, 1.82) is 0 Å². The zero-order valence-electron chi connectivity index (χ0n) is 13.7. The normalized spacial score (nSPS) is 28.6. The molecule has 1 atom stereocenters. The molecule has 19 heavy (non-hydrogen) atoms. The molecule has 0 aromatic carbocycles. The summed E-state index contributed by atoms with van der Waals surface area (Å²) in [6.07, 6.45) is 5.76. The molecule has 0 aliphatic carbocycles. The molecule has 3 nitrogen and oxygen atoms in total. The average Bonchev–Trinajstić information content (AvgIpc) is 2.41. The highest BCUT2D eigenvalue weighted by molar-refractivity contribution is 4.90. The maximum absolute atomic E-state index is 6.29. The predicted octanol–water partition coefficient (Wildman–Crippen LogP) is 3.04. The first kappa shape index (κ1) is 16.9. The molecular weight excluding hydrogens is 236 g/mol. The van der Waals surface area contributed by atoms with Crippen LogP contribution in [-0.4, -0.2) is 48.8 Å².